The molecule has 3 nitrogen and oxygen atoms in total. The van der Waals surface area contributed by atoms with Crippen LogP contribution in [0.1, 0.15) is 24.5 Å². The molecule has 0 aromatic heterocycles. The minimum absolute atomic E-state index is 0.0716. The fourth-order valence-electron chi connectivity index (χ4n) is 1.64. The quantitative estimate of drug-likeness (QED) is 0.791. The Morgan fingerprint density at radius 1 is 1.40 bits per heavy atom. The molecule has 0 spiro atoms. The molecule has 1 atom stereocenters. The maximum Gasteiger partial charge on any atom is 0.219 e. The van der Waals surface area contributed by atoms with Crippen LogP contribution in [0.25, 0.3) is 0 Å². The second kappa shape index (κ2) is 4.82. The van der Waals surface area contributed by atoms with Gasteiger partial charge in [0.2, 0.25) is 5.91 Å². The smallest absolute Gasteiger partial charge is 0.219 e. The third-order valence-corrected chi connectivity index (χ3v) is 2.38. The van der Waals surface area contributed by atoms with E-state index in [1.165, 1.54) is 11.1 Å². The van der Waals surface area contributed by atoms with Gasteiger partial charge in [0.15, 0.2) is 0 Å². The Bertz CT molecular complexity index is 340. The summed E-state index contributed by atoms with van der Waals surface area (Å²) in [6, 6.07) is 6.19. The summed E-state index contributed by atoms with van der Waals surface area (Å²) >= 11 is 0. The second-order valence-electron chi connectivity index (χ2n) is 3.98. The average Bonchev–Trinajstić information content (AvgIpc) is 2.10. The van der Waals surface area contributed by atoms with E-state index < -0.39 is 0 Å². The summed E-state index contributed by atoms with van der Waals surface area (Å²) in [6.07, 6.45) is 0.355. The molecule has 1 aromatic carbocycles. The molecule has 1 amide bonds. The Kier molecular flexibility index (Phi) is 3.72. The molecule has 3 N–H and O–H groups in total. The van der Waals surface area contributed by atoms with Gasteiger partial charge in [-0.05, 0) is 31.9 Å². The molecule has 0 saturated heterocycles. The molecule has 0 fully saturated rings. The molecule has 0 aliphatic carbocycles. The lowest BCUT2D eigenvalue weighted by Crippen LogP contribution is -2.24. The maximum atomic E-state index is 10.8. The highest BCUT2D eigenvalue weighted by atomic mass is 16.1. The first-order valence-electron chi connectivity index (χ1n) is 5.11. The molecule has 0 aliphatic heterocycles. The number of rotatable bonds is 4. The highest BCUT2D eigenvalue weighted by Gasteiger charge is 2.08. The van der Waals surface area contributed by atoms with Crippen LogP contribution < -0.4 is 11.1 Å². The Morgan fingerprint density at radius 2 is 1.93 bits per heavy atom. The predicted molar refractivity (Wildman–Crippen MR) is 62.8 cm³/mol. The highest BCUT2D eigenvalue weighted by molar-refractivity contribution is 5.75. The van der Waals surface area contributed by atoms with Crippen molar-refractivity contribution in [3.63, 3.8) is 0 Å². The molecule has 1 unspecified atom stereocenters. The minimum Gasteiger partial charge on any atom is -0.382 e. The van der Waals surface area contributed by atoms with Gasteiger partial charge in [-0.25, -0.2) is 0 Å². The number of nitrogens with one attached hydrogen (secondary N) is 1. The van der Waals surface area contributed by atoms with E-state index in [4.69, 9.17) is 5.73 Å². The van der Waals surface area contributed by atoms with Crippen molar-refractivity contribution >= 4 is 11.6 Å². The van der Waals surface area contributed by atoms with E-state index in [1.54, 1.807) is 0 Å². The average molecular weight is 206 g/mol. The van der Waals surface area contributed by atoms with Crippen LogP contribution in [-0.2, 0) is 4.79 Å². The SMILES string of the molecule is Cc1cccc(C)c1NC(C)CC(N)=O. The van der Waals surface area contributed by atoms with Gasteiger partial charge in [0.25, 0.3) is 0 Å². The summed E-state index contributed by atoms with van der Waals surface area (Å²) in [5.74, 6) is -0.277. The monoisotopic (exact) mass is 206 g/mol. The van der Waals surface area contributed by atoms with Gasteiger partial charge in [-0.15, -0.1) is 0 Å². The first-order chi connectivity index (χ1) is 7.00. The number of anilines is 1. The van der Waals surface area contributed by atoms with Crippen LogP contribution in [0.15, 0.2) is 18.2 Å². The molecule has 1 rings (SSSR count). The number of hydrogen-bond acceptors (Lipinski definition) is 2. The van der Waals surface area contributed by atoms with Crippen molar-refractivity contribution in [3.05, 3.63) is 29.3 Å². The van der Waals surface area contributed by atoms with Crippen molar-refractivity contribution in [2.75, 3.05) is 5.32 Å². The van der Waals surface area contributed by atoms with Crippen molar-refractivity contribution in [1.29, 1.82) is 0 Å². The minimum atomic E-state index is -0.277. The summed E-state index contributed by atoms with van der Waals surface area (Å²) < 4.78 is 0. The van der Waals surface area contributed by atoms with Gasteiger partial charge in [-0.2, -0.15) is 0 Å². The third kappa shape index (κ3) is 3.27. The van der Waals surface area contributed by atoms with Crippen molar-refractivity contribution in [2.45, 2.75) is 33.2 Å². The number of nitrogens with two attached hydrogens (primary N) is 1. The van der Waals surface area contributed by atoms with Crippen LogP contribution >= 0.6 is 0 Å². The third-order valence-electron chi connectivity index (χ3n) is 2.38. The number of carbonyl (C=O) groups is 1. The van der Waals surface area contributed by atoms with Crippen molar-refractivity contribution < 1.29 is 4.79 Å². The van der Waals surface area contributed by atoms with E-state index in [9.17, 15) is 4.79 Å². The Labute approximate surface area is 90.7 Å². The van der Waals surface area contributed by atoms with Crippen LogP contribution in [0.5, 0.6) is 0 Å². The zero-order valence-electron chi connectivity index (χ0n) is 9.50. The van der Waals surface area contributed by atoms with Crippen LogP contribution in [-0.4, -0.2) is 11.9 Å². The standard InChI is InChI=1S/C12H18N2O/c1-8-5-4-6-9(2)12(8)14-10(3)7-11(13)15/h4-6,10,14H,7H2,1-3H3,(H2,13,15). The molecule has 82 valence electrons. The van der Waals surface area contributed by atoms with Crippen molar-refractivity contribution in [3.8, 4) is 0 Å². The summed E-state index contributed by atoms with van der Waals surface area (Å²) in [6.45, 7) is 6.05. The summed E-state index contributed by atoms with van der Waals surface area (Å²) in [7, 11) is 0. The maximum absolute atomic E-state index is 10.8. The van der Waals surface area contributed by atoms with Gasteiger partial charge in [0.1, 0.15) is 0 Å². The Balaban J connectivity index is 2.76. The lowest BCUT2D eigenvalue weighted by Gasteiger charge is -2.17. The molecule has 0 radical (unpaired) electrons. The van der Waals surface area contributed by atoms with Gasteiger partial charge in [-0.1, -0.05) is 18.2 Å². The van der Waals surface area contributed by atoms with E-state index in [2.05, 4.69) is 5.32 Å². The van der Waals surface area contributed by atoms with Crippen molar-refractivity contribution in [1.82, 2.24) is 0 Å². The van der Waals surface area contributed by atoms with Crippen LogP contribution in [0.4, 0.5) is 5.69 Å². The van der Waals surface area contributed by atoms with E-state index in [0.717, 1.165) is 5.69 Å². The van der Waals surface area contributed by atoms with Crippen LogP contribution in [0.3, 0.4) is 0 Å². The van der Waals surface area contributed by atoms with Gasteiger partial charge in [-0.3, -0.25) is 4.79 Å². The topological polar surface area (TPSA) is 55.1 Å². The van der Waals surface area contributed by atoms with Crippen molar-refractivity contribution in [2.24, 2.45) is 5.73 Å². The van der Waals surface area contributed by atoms with Crippen LogP contribution in [0.2, 0.25) is 0 Å². The lowest BCUT2D eigenvalue weighted by molar-refractivity contribution is -0.118. The lowest BCUT2D eigenvalue weighted by atomic mass is 10.1. The molecule has 0 aliphatic rings. The molecular formula is C12H18N2O. The molecule has 0 bridgehead atoms. The first kappa shape index (κ1) is 11.6. The van der Waals surface area contributed by atoms with Gasteiger partial charge in [0, 0.05) is 18.2 Å². The number of benzene rings is 1. The van der Waals surface area contributed by atoms with E-state index in [0.29, 0.717) is 6.42 Å². The fourth-order valence-corrected chi connectivity index (χ4v) is 1.64. The number of amides is 1. The number of primary amides is 1. The number of hydrogen-bond donors (Lipinski definition) is 2. The number of aryl methyl sites for hydroxylation is 2. The molecule has 15 heavy (non-hydrogen) atoms. The van der Waals surface area contributed by atoms with E-state index in [1.807, 2.05) is 39.0 Å². The Morgan fingerprint density at radius 3 is 2.40 bits per heavy atom. The summed E-state index contributed by atoms with van der Waals surface area (Å²) in [4.78, 5) is 10.8. The van der Waals surface area contributed by atoms with Gasteiger partial charge in [0.05, 0.1) is 0 Å². The fraction of sp³-hybridized carbons (Fsp3) is 0.417. The largest absolute Gasteiger partial charge is 0.382 e. The molecular weight excluding hydrogens is 188 g/mol. The first-order valence-corrected chi connectivity index (χ1v) is 5.11. The molecule has 0 saturated carbocycles. The highest BCUT2D eigenvalue weighted by Crippen LogP contribution is 2.20. The summed E-state index contributed by atoms with van der Waals surface area (Å²) in [5, 5.41) is 3.31. The van der Waals surface area contributed by atoms with Gasteiger partial charge < -0.3 is 11.1 Å². The molecule has 1 aromatic rings. The number of carbonyl (C=O) groups excluding carboxylic acids is 1. The second-order valence-corrected chi connectivity index (χ2v) is 3.98. The Hall–Kier alpha value is -1.51. The summed E-state index contributed by atoms with van der Waals surface area (Å²) in [5.41, 5.74) is 8.62. The predicted octanol–water partition coefficient (Wildman–Crippen LogP) is 1.98. The molecule has 3 heteroatoms. The van der Waals surface area contributed by atoms with Gasteiger partial charge >= 0.3 is 0 Å². The zero-order chi connectivity index (χ0) is 11.4. The normalized spacial score (nSPS) is 12.2. The van der Waals surface area contributed by atoms with E-state index >= 15 is 0 Å². The zero-order valence-corrected chi connectivity index (χ0v) is 9.50. The van der Waals surface area contributed by atoms with Crippen LogP contribution in [0, 0.1) is 13.8 Å². The number of para-hydroxylation sites is 1. The molecule has 0 heterocycles. The van der Waals surface area contributed by atoms with E-state index in [-0.39, 0.29) is 11.9 Å².